The third-order valence-electron chi connectivity index (χ3n) is 2.72. The molecule has 0 heterocycles. The number of ether oxygens (including phenoxy) is 2. The molecule has 1 atom stereocenters. The lowest BCUT2D eigenvalue weighted by Gasteiger charge is -2.25. The predicted molar refractivity (Wildman–Crippen MR) is 73.5 cm³/mol. The van der Waals surface area contributed by atoms with E-state index in [4.69, 9.17) is 9.47 Å². The van der Waals surface area contributed by atoms with Crippen LogP contribution in [-0.4, -0.2) is 39.0 Å². The van der Waals surface area contributed by atoms with Crippen molar-refractivity contribution in [2.75, 3.05) is 33.5 Å². The highest BCUT2D eigenvalue weighted by Crippen LogP contribution is 2.12. The first-order valence-electron chi connectivity index (χ1n) is 6.81. The van der Waals surface area contributed by atoms with Gasteiger partial charge in [-0.05, 0) is 46.1 Å². The van der Waals surface area contributed by atoms with E-state index in [1.54, 1.807) is 7.11 Å². The molecule has 0 amide bonds. The first kappa shape index (κ1) is 16.9. The summed E-state index contributed by atoms with van der Waals surface area (Å²) in [5, 5.41) is 3.58. The fourth-order valence-electron chi connectivity index (χ4n) is 1.70. The maximum absolute atomic E-state index is 5.53. The van der Waals surface area contributed by atoms with Crippen LogP contribution in [0.3, 0.4) is 0 Å². The first-order chi connectivity index (χ1) is 7.99. The van der Waals surface area contributed by atoms with Crippen molar-refractivity contribution in [2.45, 2.75) is 52.5 Å². The lowest BCUT2D eigenvalue weighted by atomic mass is 9.98. The minimum atomic E-state index is 0.211. The Morgan fingerprint density at radius 1 is 1.06 bits per heavy atom. The van der Waals surface area contributed by atoms with E-state index in [1.807, 2.05) is 0 Å². The monoisotopic (exact) mass is 245 g/mol. The smallest absolute Gasteiger partial charge is 0.0700 e. The molecule has 3 heteroatoms. The predicted octanol–water partition coefficient (Wildman–Crippen LogP) is 2.84. The molecule has 0 saturated carbocycles. The summed E-state index contributed by atoms with van der Waals surface area (Å²) in [5.74, 6) is 0.724. The van der Waals surface area contributed by atoms with Crippen LogP contribution in [0.5, 0.6) is 0 Å². The van der Waals surface area contributed by atoms with Crippen LogP contribution in [0.2, 0.25) is 0 Å². The van der Waals surface area contributed by atoms with Gasteiger partial charge in [0.25, 0.3) is 0 Å². The van der Waals surface area contributed by atoms with E-state index in [2.05, 4.69) is 33.0 Å². The molecule has 17 heavy (non-hydrogen) atoms. The average Bonchev–Trinajstić information content (AvgIpc) is 2.24. The van der Waals surface area contributed by atoms with Gasteiger partial charge in [0.2, 0.25) is 0 Å². The molecule has 3 nitrogen and oxygen atoms in total. The van der Waals surface area contributed by atoms with E-state index in [0.717, 1.165) is 25.5 Å². The lowest BCUT2D eigenvalue weighted by Crippen LogP contribution is -2.39. The number of hydrogen-bond donors (Lipinski definition) is 1. The fourth-order valence-corrected chi connectivity index (χ4v) is 1.70. The second-order valence-corrected chi connectivity index (χ2v) is 5.68. The second-order valence-electron chi connectivity index (χ2n) is 5.68. The van der Waals surface area contributed by atoms with Crippen LogP contribution >= 0.6 is 0 Å². The Bertz CT molecular complexity index is 166. The minimum absolute atomic E-state index is 0.211. The summed E-state index contributed by atoms with van der Waals surface area (Å²) in [7, 11) is 1.70. The summed E-state index contributed by atoms with van der Waals surface area (Å²) in [6.07, 6.45) is 3.66. The third-order valence-corrected chi connectivity index (χ3v) is 2.72. The maximum atomic E-state index is 5.53. The molecule has 1 unspecified atom stereocenters. The molecular formula is C14H31NO2. The Hall–Kier alpha value is -0.120. The van der Waals surface area contributed by atoms with Crippen molar-refractivity contribution >= 4 is 0 Å². The molecule has 0 aliphatic heterocycles. The van der Waals surface area contributed by atoms with Gasteiger partial charge in [-0.15, -0.1) is 0 Å². The third kappa shape index (κ3) is 12.1. The molecule has 0 radical (unpaired) electrons. The van der Waals surface area contributed by atoms with Gasteiger partial charge in [0.15, 0.2) is 0 Å². The Kier molecular flexibility index (Phi) is 9.79. The Morgan fingerprint density at radius 2 is 1.76 bits per heavy atom. The molecule has 0 aromatic heterocycles. The normalized spacial score (nSPS) is 13.9. The molecular weight excluding hydrogens is 214 g/mol. The molecule has 0 fully saturated rings. The van der Waals surface area contributed by atoms with E-state index in [1.165, 1.54) is 12.8 Å². The standard InChI is InChI=1S/C14H31NO2/c1-6-7-13(12-15-14(2,3)4)8-9-17-11-10-16-5/h13,15H,6-12H2,1-5H3. The van der Waals surface area contributed by atoms with Gasteiger partial charge in [-0.25, -0.2) is 0 Å². The molecule has 0 aliphatic carbocycles. The summed E-state index contributed by atoms with van der Waals surface area (Å²) in [4.78, 5) is 0. The summed E-state index contributed by atoms with van der Waals surface area (Å²) in [6.45, 7) is 12.2. The molecule has 0 rings (SSSR count). The number of nitrogens with one attached hydrogen (secondary N) is 1. The van der Waals surface area contributed by atoms with Crippen LogP contribution in [0.1, 0.15) is 47.0 Å². The van der Waals surface area contributed by atoms with Crippen molar-refractivity contribution in [2.24, 2.45) is 5.92 Å². The molecule has 104 valence electrons. The van der Waals surface area contributed by atoms with Gasteiger partial charge >= 0.3 is 0 Å². The summed E-state index contributed by atoms with van der Waals surface area (Å²) < 4.78 is 10.5. The summed E-state index contributed by atoms with van der Waals surface area (Å²) >= 11 is 0. The van der Waals surface area contributed by atoms with Crippen molar-refractivity contribution < 1.29 is 9.47 Å². The quantitative estimate of drug-likeness (QED) is 0.600. The van der Waals surface area contributed by atoms with Crippen molar-refractivity contribution in [3.8, 4) is 0 Å². The Labute approximate surface area is 107 Å². The Morgan fingerprint density at radius 3 is 2.29 bits per heavy atom. The molecule has 0 aromatic rings. The van der Waals surface area contributed by atoms with Gasteiger partial charge in [0.05, 0.1) is 13.2 Å². The van der Waals surface area contributed by atoms with Crippen molar-refractivity contribution in [1.82, 2.24) is 5.32 Å². The lowest BCUT2D eigenvalue weighted by molar-refractivity contribution is 0.0626. The highest BCUT2D eigenvalue weighted by molar-refractivity contribution is 4.73. The van der Waals surface area contributed by atoms with Crippen LogP contribution in [0.4, 0.5) is 0 Å². The van der Waals surface area contributed by atoms with Crippen LogP contribution in [-0.2, 0) is 9.47 Å². The first-order valence-corrected chi connectivity index (χ1v) is 6.81. The molecule has 0 spiro atoms. The summed E-state index contributed by atoms with van der Waals surface area (Å²) in [6, 6.07) is 0. The van der Waals surface area contributed by atoms with E-state index in [9.17, 15) is 0 Å². The van der Waals surface area contributed by atoms with Crippen LogP contribution in [0, 0.1) is 5.92 Å². The molecule has 0 aromatic carbocycles. The van der Waals surface area contributed by atoms with Crippen molar-refractivity contribution in [1.29, 1.82) is 0 Å². The zero-order chi connectivity index (χ0) is 13.1. The largest absolute Gasteiger partial charge is 0.382 e. The number of rotatable bonds is 10. The summed E-state index contributed by atoms with van der Waals surface area (Å²) in [5.41, 5.74) is 0.211. The topological polar surface area (TPSA) is 30.5 Å². The van der Waals surface area contributed by atoms with Crippen molar-refractivity contribution in [3.05, 3.63) is 0 Å². The van der Waals surface area contributed by atoms with Crippen LogP contribution in [0.15, 0.2) is 0 Å². The van der Waals surface area contributed by atoms with E-state index < -0.39 is 0 Å². The highest BCUT2D eigenvalue weighted by atomic mass is 16.5. The van der Waals surface area contributed by atoms with Crippen molar-refractivity contribution in [3.63, 3.8) is 0 Å². The van der Waals surface area contributed by atoms with E-state index in [-0.39, 0.29) is 5.54 Å². The number of hydrogen-bond acceptors (Lipinski definition) is 3. The van der Waals surface area contributed by atoms with Crippen LogP contribution in [0.25, 0.3) is 0 Å². The van der Waals surface area contributed by atoms with Gasteiger partial charge in [-0.2, -0.15) is 0 Å². The SMILES string of the molecule is CCCC(CCOCCOC)CNC(C)(C)C. The van der Waals surface area contributed by atoms with Gasteiger partial charge in [0.1, 0.15) is 0 Å². The maximum Gasteiger partial charge on any atom is 0.0700 e. The van der Waals surface area contributed by atoms with Crippen LogP contribution < -0.4 is 5.32 Å². The van der Waals surface area contributed by atoms with Gasteiger partial charge in [-0.1, -0.05) is 13.3 Å². The molecule has 0 bridgehead atoms. The molecule has 0 saturated heterocycles. The highest BCUT2D eigenvalue weighted by Gasteiger charge is 2.13. The average molecular weight is 245 g/mol. The van der Waals surface area contributed by atoms with Gasteiger partial charge in [-0.3, -0.25) is 0 Å². The van der Waals surface area contributed by atoms with E-state index >= 15 is 0 Å². The molecule has 1 N–H and O–H groups in total. The van der Waals surface area contributed by atoms with Gasteiger partial charge in [0, 0.05) is 19.3 Å². The second kappa shape index (κ2) is 9.86. The molecule has 0 aliphatic rings. The minimum Gasteiger partial charge on any atom is -0.382 e. The fraction of sp³-hybridized carbons (Fsp3) is 1.00. The van der Waals surface area contributed by atoms with Gasteiger partial charge < -0.3 is 14.8 Å². The zero-order valence-electron chi connectivity index (χ0n) is 12.3. The zero-order valence-corrected chi connectivity index (χ0v) is 12.3. The number of methoxy groups -OCH3 is 1. The van der Waals surface area contributed by atoms with E-state index in [0.29, 0.717) is 13.2 Å². The Balaban J connectivity index is 3.67.